The largest absolute Gasteiger partial charge is 0.482 e. The molecule has 1 saturated carbocycles. The second kappa shape index (κ2) is 5.46. The van der Waals surface area contributed by atoms with Gasteiger partial charge in [-0.3, -0.25) is 0 Å². The molecule has 1 spiro atoms. The number of rotatable bonds is 0. The summed E-state index contributed by atoms with van der Waals surface area (Å²) < 4.78 is 7.63. The fourth-order valence-corrected chi connectivity index (χ4v) is 4.76. The summed E-state index contributed by atoms with van der Waals surface area (Å²) in [4.78, 5) is 5.03. The van der Waals surface area contributed by atoms with Gasteiger partial charge in [0.25, 0.3) is 0 Å². The van der Waals surface area contributed by atoms with Gasteiger partial charge in [0.15, 0.2) is 0 Å². The molecule has 5 rings (SSSR count). The quantitative estimate of drug-likeness (QED) is 0.524. The second-order valence-corrected chi connectivity index (χ2v) is 7.98. The highest BCUT2D eigenvalue weighted by Gasteiger charge is 2.44. The van der Waals surface area contributed by atoms with E-state index in [-0.39, 0.29) is 5.60 Å². The molecular weight excluding hydrogens is 376 g/mol. The zero-order valence-electron chi connectivity index (χ0n) is 13.9. The zero-order valence-corrected chi connectivity index (χ0v) is 15.5. The summed E-state index contributed by atoms with van der Waals surface area (Å²) in [5.74, 6) is 0.931. The van der Waals surface area contributed by atoms with E-state index in [4.69, 9.17) is 15.5 Å². The van der Waals surface area contributed by atoms with Crippen molar-refractivity contribution in [1.29, 1.82) is 0 Å². The van der Waals surface area contributed by atoms with E-state index in [1.807, 2.05) is 24.3 Å². The number of anilines is 1. The van der Waals surface area contributed by atoms with Crippen molar-refractivity contribution in [2.75, 3.05) is 5.73 Å². The van der Waals surface area contributed by atoms with Crippen molar-refractivity contribution in [2.24, 2.45) is 0 Å². The molecule has 126 valence electrons. The minimum Gasteiger partial charge on any atom is -0.482 e. The first-order valence-corrected chi connectivity index (χ1v) is 9.65. The number of fused-ring (bicyclic) bond motifs is 5. The predicted molar refractivity (Wildman–Crippen MR) is 105 cm³/mol. The summed E-state index contributed by atoms with van der Waals surface area (Å²) in [7, 11) is 0. The van der Waals surface area contributed by atoms with Crippen LogP contribution in [0, 0.1) is 0 Å². The normalized spacial score (nSPS) is 17.8. The molecule has 3 nitrogen and oxygen atoms in total. The summed E-state index contributed by atoms with van der Waals surface area (Å²) in [5.41, 5.74) is 11.3. The Labute approximate surface area is 155 Å². The average molecular weight is 395 g/mol. The summed E-state index contributed by atoms with van der Waals surface area (Å²) in [6, 6.07) is 14.3. The molecule has 1 aliphatic heterocycles. The number of ether oxygens (including phenoxy) is 1. The van der Waals surface area contributed by atoms with E-state index < -0.39 is 0 Å². The number of nitrogen functional groups attached to an aromatic ring is 1. The Kier molecular flexibility index (Phi) is 3.32. The first-order valence-electron chi connectivity index (χ1n) is 8.86. The van der Waals surface area contributed by atoms with Gasteiger partial charge in [-0.15, -0.1) is 0 Å². The predicted octanol–water partition coefficient (Wildman–Crippen LogP) is 5.80. The Morgan fingerprint density at radius 1 is 1.04 bits per heavy atom. The molecule has 1 aliphatic carbocycles. The van der Waals surface area contributed by atoms with Crippen LogP contribution < -0.4 is 10.5 Å². The highest BCUT2D eigenvalue weighted by Crippen LogP contribution is 2.53. The van der Waals surface area contributed by atoms with Crippen LogP contribution >= 0.6 is 15.9 Å². The molecule has 0 amide bonds. The van der Waals surface area contributed by atoms with E-state index in [2.05, 4.69) is 34.1 Å². The number of nitrogens with two attached hydrogens (primary N) is 1. The zero-order chi connectivity index (χ0) is 17.0. The number of benzene rings is 2. The van der Waals surface area contributed by atoms with Gasteiger partial charge < -0.3 is 10.5 Å². The molecule has 2 aliphatic rings. The van der Waals surface area contributed by atoms with Crippen LogP contribution in [0.2, 0.25) is 0 Å². The molecule has 2 heterocycles. The van der Waals surface area contributed by atoms with Crippen molar-refractivity contribution < 1.29 is 4.74 Å². The lowest BCUT2D eigenvalue weighted by Crippen LogP contribution is -2.39. The lowest BCUT2D eigenvalue weighted by atomic mass is 9.75. The maximum Gasteiger partial charge on any atom is 0.138 e. The summed E-state index contributed by atoms with van der Waals surface area (Å²) in [6.45, 7) is 0. The van der Waals surface area contributed by atoms with Gasteiger partial charge in [-0.25, -0.2) is 4.98 Å². The molecule has 0 radical (unpaired) electrons. The summed E-state index contributed by atoms with van der Waals surface area (Å²) in [5, 5.41) is 1.00. The Morgan fingerprint density at radius 2 is 1.84 bits per heavy atom. The first-order chi connectivity index (χ1) is 12.2. The standard InChI is InChI=1S/C21H19BrN2O/c22-13-8-9-16-15(12-13)19(23)18-20(24-16)14-6-2-3-7-17(14)25-21(18)10-4-1-5-11-21/h2-3,6-9,12H,1,4-5,10-11H2,(H2,23,24). The molecule has 0 unspecified atom stereocenters. The number of para-hydroxylation sites is 1. The van der Waals surface area contributed by atoms with Crippen LogP contribution in [0.3, 0.4) is 0 Å². The number of aromatic nitrogens is 1. The van der Waals surface area contributed by atoms with Crippen molar-refractivity contribution in [1.82, 2.24) is 4.98 Å². The monoisotopic (exact) mass is 394 g/mol. The van der Waals surface area contributed by atoms with Gasteiger partial charge in [0.2, 0.25) is 0 Å². The number of pyridine rings is 1. The maximum atomic E-state index is 6.73. The molecular formula is C21H19BrN2O. The molecule has 4 heteroatoms. The molecule has 25 heavy (non-hydrogen) atoms. The third-order valence-corrected chi connectivity index (χ3v) is 6.04. The number of nitrogens with zero attached hydrogens (tertiary/aromatic N) is 1. The van der Waals surface area contributed by atoms with Crippen molar-refractivity contribution in [3.05, 3.63) is 52.5 Å². The van der Waals surface area contributed by atoms with E-state index >= 15 is 0 Å². The smallest absolute Gasteiger partial charge is 0.138 e. The fraction of sp³-hybridized carbons (Fsp3) is 0.286. The summed E-state index contributed by atoms with van der Waals surface area (Å²) >= 11 is 3.56. The van der Waals surface area contributed by atoms with Crippen LogP contribution in [0.1, 0.15) is 37.7 Å². The van der Waals surface area contributed by atoms with E-state index in [1.165, 1.54) is 6.42 Å². The third kappa shape index (κ3) is 2.20. The van der Waals surface area contributed by atoms with Crippen molar-refractivity contribution in [3.63, 3.8) is 0 Å². The molecule has 2 aromatic carbocycles. The topological polar surface area (TPSA) is 48.1 Å². The Balaban J connectivity index is 1.89. The van der Waals surface area contributed by atoms with Crippen molar-refractivity contribution in [3.8, 4) is 17.0 Å². The highest BCUT2D eigenvalue weighted by atomic mass is 79.9. The maximum absolute atomic E-state index is 6.73. The van der Waals surface area contributed by atoms with Crippen molar-refractivity contribution in [2.45, 2.75) is 37.7 Å². The van der Waals surface area contributed by atoms with Crippen LogP contribution in [-0.4, -0.2) is 4.98 Å². The van der Waals surface area contributed by atoms with Gasteiger partial charge in [0.1, 0.15) is 11.4 Å². The minimum absolute atomic E-state index is 0.338. The van der Waals surface area contributed by atoms with E-state index in [1.54, 1.807) is 0 Å². The molecule has 0 bridgehead atoms. The van der Waals surface area contributed by atoms with E-state index in [0.717, 1.165) is 69.3 Å². The van der Waals surface area contributed by atoms with Crippen LogP contribution in [0.25, 0.3) is 22.2 Å². The molecule has 0 atom stereocenters. The molecule has 1 fully saturated rings. The van der Waals surface area contributed by atoms with Gasteiger partial charge in [0, 0.05) is 21.0 Å². The molecule has 3 aromatic rings. The Hall–Kier alpha value is -2.07. The minimum atomic E-state index is -0.338. The lowest BCUT2D eigenvalue weighted by molar-refractivity contribution is 0.0244. The van der Waals surface area contributed by atoms with Gasteiger partial charge >= 0.3 is 0 Å². The number of halogens is 1. The van der Waals surface area contributed by atoms with Crippen LogP contribution in [0.5, 0.6) is 5.75 Å². The van der Waals surface area contributed by atoms with Crippen LogP contribution in [0.4, 0.5) is 5.69 Å². The van der Waals surface area contributed by atoms with Gasteiger partial charge in [-0.1, -0.05) is 34.5 Å². The van der Waals surface area contributed by atoms with Gasteiger partial charge in [-0.05, 0) is 56.0 Å². The second-order valence-electron chi connectivity index (χ2n) is 7.06. The Bertz CT molecular complexity index is 993. The third-order valence-electron chi connectivity index (χ3n) is 5.55. The van der Waals surface area contributed by atoms with Gasteiger partial charge in [-0.2, -0.15) is 0 Å². The Morgan fingerprint density at radius 3 is 2.68 bits per heavy atom. The molecule has 2 N–H and O–H groups in total. The molecule has 0 saturated heterocycles. The fourth-order valence-electron chi connectivity index (χ4n) is 4.40. The number of hydrogen-bond acceptors (Lipinski definition) is 3. The van der Waals surface area contributed by atoms with Gasteiger partial charge in [0.05, 0.1) is 16.9 Å². The van der Waals surface area contributed by atoms with Crippen molar-refractivity contribution >= 4 is 32.5 Å². The summed E-state index contributed by atoms with van der Waals surface area (Å²) in [6.07, 6.45) is 5.59. The van der Waals surface area contributed by atoms with Crippen LogP contribution in [0.15, 0.2) is 46.9 Å². The average Bonchev–Trinajstić information content (AvgIpc) is 2.63. The lowest BCUT2D eigenvalue weighted by Gasteiger charge is -2.43. The number of hydrogen-bond donors (Lipinski definition) is 1. The molecule has 1 aromatic heterocycles. The SMILES string of the molecule is Nc1c2c(nc3ccc(Br)cc13)-c1ccccc1OC21CCCCC1. The highest BCUT2D eigenvalue weighted by molar-refractivity contribution is 9.10. The van der Waals surface area contributed by atoms with E-state index in [9.17, 15) is 0 Å². The van der Waals surface area contributed by atoms with E-state index in [0.29, 0.717) is 0 Å². The first kappa shape index (κ1) is 15.2. The van der Waals surface area contributed by atoms with Crippen LogP contribution in [-0.2, 0) is 5.60 Å².